The highest BCUT2D eigenvalue weighted by atomic mass is 79.9. The number of nitrogens with zero attached hydrogens (tertiary/aromatic N) is 1. The Morgan fingerprint density at radius 1 is 1.11 bits per heavy atom. The molecule has 1 aromatic carbocycles. The molecule has 0 spiro atoms. The minimum Gasteiger partial charge on any atom is -0.289 e. The van der Waals surface area contributed by atoms with Crippen LogP contribution in [-0.4, -0.2) is 10.8 Å². The van der Waals surface area contributed by atoms with Crippen LogP contribution >= 0.6 is 39.1 Å². The Labute approximate surface area is 129 Å². The number of benzene rings is 1. The van der Waals surface area contributed by atoms with E-state index in [9.17, 15) is 4.79 Å². The second-order valence-corrected chi connectivity index (χ2v) is 5.44. The van der Waals surface area contributed by atoms with Crippen LogP contribution in [-0.2, 0) is 0 Å². The Balaban J connectivity index is 2.18. The molecule has 0 aliphatic heterocycles. The van der Waals surface area contributed by atoms with Gasteiger partial charge in [-0.15, -0.1) is 0 Å². The number of hydrogen-bond donors (Lipinski definition) is 0. The lowest BCUT2D eigenvalue weighted by atomic mass is 10.1. The van der Waals surface area contributed by atoms with E-state index in [2.05, 4.69) is 20.9 Å². The number of carbonyl (C=O) groups is 1. The lowest BCUT2D eigenvalue weighted by molar-refractivity contribution is 0.104. The van der Waals surface area contributed by atoms with Crippen molar-refractivity contribution in [2.75, 3.05) is 0 Å². The molecule has 5 heteroatoms. The van der Waals surface area contributed by atoms with E-state index < -0.39 is 0 Å². The maximum Gasteiger partial charge on any atom is 0.185 e. The fraction of sp³-hybridized carbons (Fsp3) is 0. The number of allylic oxidation sites excluding steroid dienone is 1. The number of pyridine rings is 1. The zero-order valence-corrected chi connectivity index (χ0v) is 12.7. The Bertz CT molecular complexity index is 618. The van der Waals surface area contributed by atoms with Crippen molar-refractivity contribution in [2.45, 2.75) is 0 Å². The molecule has 0 saturated heterocycles. The number of ketones is 1. The van der Waals surface area contributed by atoms with Gasteiger partial charge in [0.05, 0.1) is 0 Å². The molecule has 0 amide bonds. The Morgan fingerprint density at radius 2 is 1.68 bits per heavy atom. The molecule has 0 bridgehead atoms. The number of rotatable bonds is 3. The largest absolute Gasteiger partial charge is 0.289 e. The third-order valence-electron chi connectivity index (χ3n) is 2.34. The van der Waals surface area contributed by atoms with E-state index in [1.807, 2.05) is 12.1 Å². The molecular weight excluding hydrogens is 349 g/mol. The molecule has 0 aliphatic rings. The second-order valence-electron chi connectivity index (χ2n) is 3.75. The highest BCUT2D eigenvalue weighted by molar-refractivity contribution is 9.10. The molecule has 0 atom stereocenters. The maximum absolute atomic E-state index is 11.9. The molecule has 0 unspecified atom stereocenters. The first-order chi connectivity index (χ1) is 9.04. The van der Waals surface area contributed by atoms with Crippen molar-refractivity contribution < 1.29 is 4.79 Å². The van der Waals surface area contributed by atoms with Gasteiger partial charge in [-0.25, -0.2) is 4.98 Å². The molecule has 0 aliphatic carbocycles. The fourth-order valence-corrected chi connectivity index (χ4v) is 2.20. The summed E-state index contributed by atoms with van der Waals surface area (Å²) in [6.45, 7) is 0. The van der Waals surface area contributed by atoms with Crippen LogP contribution in [0.25, 0.3) is 6.08 Å². The van der Waals surface area contributed by atoms with Crippen molar-refractivity contribution in [3.8, 4) is 0 Å². The summed E-state index contributed by atoms with van der Waals surface area (Å²) in [6, 6.07) is 10.4. The van der Waals surface area contributed by atoms with Crippen LogP contribution in [0.1, 0.15) is 15.9 Å². The van der Waals surface area contributed by atoms with E-state index in [1.165, 1.54) is 6.08 Å². The van der Waals surface area contributed by atoms with Crippen LogP contribution in [0.15, 0.2) is 46.9 Å². The molecule has 0 radical (unpaired) electrons. The van der Waals surface area contributed by atoms with Crippen LogP contribution in [0, 0.1) is 0 Å². The monoisotopic (exact) mass is 355 g/mol. The lowest BCUT2D eigenvalue weighted by Crippen LogP contribution is -1.93. The first kappa shape index (κ1) is 14.3. The van der Waals surface area contributed by atoms with Crippen LogP contribution in [0.4, 0.5) is 0 Å². The predicted octanol–water partition coefficient (Wildman–Crippen LogP) is 5.05. The summed E-state index contributed by atoms with van der Waals surface area (Å²) in [5.41, 5.74) is 1.35. The highest BCUT2D eigenvalue weighted by Gasteiger charge is 2.02. The topological polar surface area (TPSA) is 30.0 Å². The lowest BCUT2D eigenvalue weighted by Gasteiger charge is -1.98. The van der Waals surface area contributed by atoms with Crippen molar-refractivity contribution in [3.63, 3.8) is 0 Å². The summed E-state index contributed by atoms with van der Waals surface area (Å²) < 4.78 is 0.931. The van der Waals surface area contributed by atoms with Crippen LogP contribution < -0.4 is 0 Å². The number of halogens is 3. The van der Waals surface area contributed by atoms with Gasteiger partial charge in [-0.05, 0) is 48.0 Å². The van der Waals surface area contributed by atoms with Crippen LogP contribution in [0.2, 0.25) is 10.3 Å². The standard InChI is InChI=1S/C14H8BrCl2NO/c15-11-4-2-10(3-5-11)12(19)6-1-9-7-13(16)18-14(17)8-9/h1-8H/b6-1+. The van der Waals surface area contributed by atoms with E-state index >= 15 is 0 Å². The van der Waals surface area contributed by atoms with Crippen LogP contribution in [0.5, 0.6) is 0 Å². The van der Waals surface area contributed by atoms with Gasteiger partial charge in [0.25, 0.3) is 0 Å². The van der Waals surface area contributed by atoms with Crippen LogP contribution in [0.3, 0.4) is 0 Å². The molecule has 96 valence electrons. The Hall–Kier alpha value is -1.16. The second kappa shape index (κ2) is 6.33. The third kappa shape index (κ3) is 4.16. The highest BCUT2D eigenvalue weighted by Crippen LogP contribution is 2.16. The first-order valence-corrected chi connectivity index (χ1v) is 6.90. The fourth-order valence-electron chi connectivity index (χ4n) is 1.46. The SMILES string of the molecule is O=C(/C=C/c1cc(Cl)nc(Cl)c1)c1ccc(Br)cc1. The Morgan fingerprint density at radius 3 is 2.26 bits per heavy atom. The molecule has 2 nitrogen and oxygen atoms in total. The van der Waals surface area contributed by atoms with E-state index in [0.717, 1.165) is 10.0 Å². The molecular formula is C14H8BrCl2NO. The van der Waals surface area contributed by atoms with Crippen molar-refractivity contribution in [1.29, 1.82) is 0 Å². The summed E-state index contributed by atoms with van der Waals surface area (Å²) in [5.74, 6) is -0.0865. The minimum atomic E-state index is -0.0865. The van der Waals surface area contributed by atoms with Crippen molar-refractivity contribution in [1.82, 2.24) is 4.98 Å². The molecule has 0 fully saturated rings. The Kier molecular flexibility index (Phi) is 4.75. The maximum atomic E-state index is 11.9. The van der Waals surface area contributed by atoms with Crippen molar-refractivity contribution in [2.24, 2.45) is 0 Å². The average molecular weight is 357 g/mol. The summed E-state index contributed by atoms with van der Waals surface area (Å²) in [4.78, 5) is 15.8. The van der Waals surface area contributed by atoms with Gasteiger partial charge in [0, 0.05) is 10.0 Å². The zero-order chi connectivity index (χ0) is 13.8. The smallest absolute Gasteiger partial charge is 0.185 e. The molecule has 0 N–H and O–H groups in total. The number of hydrogen-bond acceptors (Lipinski definition) is 2. The predicted molar refractivity (Wildman–Crippen MR) is 81.8 cm³/mol. The van der Waals surface area contributed by atoms with Gasteiger partial charge < -0.3 is 0 Å². The quantitative estimate of drug-likeness (QED) is 0.437. The van der Waals surface area contributed by atoms with Gasteiger partial charge in [0.15, 0.2) is 5.78 Å². The van der Waals surface area contributed by atoms with E-state index in [1.54, 1.807) is 30.3 Å². The third-order valence-corrected chi connectivity index (χ3v) is 3.26. The van der Waals surface area contributed by atoms with Crippen molar-refractivity contribution >= 4 is 51.0 Å². The number of carbonyl (C=O) groups excluding carboxylic acids is 1. The molecule has 1 aromatic heterocycles. The van der Waals surface area contributed by atoms with Gasteiger partial charge in [-0.1, -0.05) is 45.2 Å². The average Bonchev–Trinajstić information content (AvgIpc) is 2.36. The molecule has 2 aromatic rings. The molecule has 2 rings (SSSR count). The van der Waals surface area contributed by atoms with Gasteiger partial charge >= 0.3 is 0 Å². The molecule has 19 heavy (non-hydrogen) atoms. The van der Waals surface area contributed by atoms with Gasteiger partial charge in [-0.3, -0.25) is 4.79 Å². The number of aromatic nitrogens is 1. The minimum absolute atomic E-state index is 0.0865. The van der Waals surface area contributed by atoms with Gasteiger partial charge in [0.1, 0.15) is 10.3 Å². The summed E-state index contributed by atoms with van der Waals surface area (Å²) in [5, 5.41) is 0.589. The first-order valence-electron chi connectivity index (χ1n) is 5.36. The van der Waals surface area contributed by atoms with Gasteiger partial charge in [-0.2, -0.15) is 0 Å². The van der Waals surface area contributed by atoms with E-state index in [4.69, 9.17) is 23.2 Å². The summed E-state index contributed by atoms with van der Waals surface area (Å²) >= 11 is 14.9. The normalized spacial score (nSPS) is 10.9. The summed E-state index contributed by atoms with van der Waals surface area (Å²) in [7, 11) is 0. The van der Waals surface area contributed by atoms with E-state index in [-0.39, 0.29) is 5.78 Å². The summed E-state index contributed by atoms with van der Waals surface area (Å²) in [6.07, 6.45) is 3.13. The van der Waals surface area contributed by atoms with Crippen molar-refractivity contribution in [3.05, 3.63) is 68.4 Å². The van der Waals surface area contributed by atoms with Gasteiger partial charge in [0.2, 0.25) is 0 Å². The molecule has 1 heterocycles. The molecule has 0 saturated carbocycles. The van der Waals surface area contributed by atoms with E-state index in [0.29, 0.717) is 15.9 Å². The zero-order valence-electron chi connectivity index (χ0n) is 9.61.